The van der Waals surface area contributed by atoms with Crippen LogP contribution in [0.25, 0.3) is 0 Å². The van der Waals surface area contributed by atoms with Gasteiger partial charge >= 0.3 is 5.97 Å². The standard InChI is InChI=1S/C30H45NO10/c1-16-24(33)26(41-31(36)37)25(34)27(39-16)40-19-8-11-28(2)18(14-19)5-6-22-21(28)9-12-29(3)20(10-13-30(22,29)35)17-4-7-23(32)38-15-17/h14,16-17,19-22,24-27,33-35H,4-13,15H2,1-3H3/t16-,17+,19-,20+,21-,22+,24-,25+,26+,27-,28-,29+,30-/m0/s1. The Balaban J connectivity index is 1.17. The third kappa shape index (κ3) is 4.61. The topological polar surface area (TPSA) is 158 Å². The van der Waals surface area contributed by atoms with Crippen molar-refractivity contribution in [1.82, 2.24) is 0 Å². The third-order valence-corrected chi connectivity index (χ3v) is 12.4. The van der Waals surface area contributed by atoms with E-state index in [-0.39, 0.29) is 28.8 Å². The van der Waals surface area contributed by atoms with Crippen LogP contribution in [0.4, 0.5) is 0 Å². The van der Waals surface area contributed by atoms with Crippen LogP contribution in [-0.4, -0.2) is 75.4 Å². The molecule has 4 aliphatic carbocycles. The number of rotatable bonds is 5. The normalized spacial score (nSPS) is 51.5. The second-order valence-electron chi connectivity index (χ2n) is 14.1. The molecule has 2 saturated heterocycles. The van der Waals surface area contributed by atoms with Crippen LogP contribution in [0.5, 0.6) is 0 Å². The highest BCUT2D eigenvalue weighted by molar-refractivity contribution is 5.70. The molecule has 6 aliphatic rings. The maximum absolute atomic E-state index is 12.5. The van der Waals surface area contributed by atoms with E-state index < -0.39 is 41.4 Å². The summed E-state index contributed by atoms with van der Waals surface area (Å²) >= 11 is 0. The van der Waals surface area contributed by atoms with Gasteiger partial charge in [-0.1, -0.05) is 25.5 Å². The molecule has 0 spiro atoms. The minimum atomic E-state index is -1.51. The second-order valence-corrected chi connectivity index (χ2v) is 14.1. The fourth-order valence-electron chi connectivity index (χ4n) is 10.1. The largest absolute Gasteiger partial charge is 0.465 e. The van der Waals surface area contributed by atoms with Crippen molar-refractivity contribution in [2.45, 2.75) is 127 Å². The van der Waals surface area contributed by atoms with Crippen molar-refractivity contribution in [3.8, 4) is 0 Å². The number of allylic oxidation sites excluding steroid dienone is 1. The van der Waals surface area contributed by atoms with E-state index in [1.807, 2.05) is 0 Å². The first-order valence-electron chi connectivity index (χ1n) is 15.4. The van der Waals surface area contributed by atoms with Gasteiger partial charge < -0.3 is 34.4 Å². The van der Waals surface area contributed by atoms with E-state index in [0.717, 1.165) is 51.4 Å². The highest BCUT2D eigenvalue weighted by atomic mass is 17.0. The number of hydrogen-bond donors (Lipinski definition) is 3. The molecule has 2 heterocycles. The number of hydrogen-bond acceptors (Lipinski definition) is 10. The Morgan fingerprint density at radius 1 is 1.00 bits per heavy atom. The lowest BCUT2D eigenvalue weighted by atomic mass is 9.44. The predicted molar refractivity (Wildman–Crippen MR) is 143 cm³/mol. The molecule has 3 saturated carbocycles. The van der Waals surface area contributed by atoms with E-state index in [1.54, 1.807) is 6.92 Å². The average molecular weight is 580 g/mol. The number of esters is 1. The minimum Gasteiger partial charge on any atom is -0.465 e. The first-order chi connectivity index (χ1) is 19.4. The highest BCUT2D eigenvalue weighted by Crippen LogP contribution is 2.69. The lowest BCUT2D eigenvalue weighted by Gasteiger charge is -2.62. The zero-order chi connectivity index (χ0) is 29.3. The van der Waals surface area contributed by atoms with Crippen LogP contribution in [0.1, 0.15) is 85.0 Å². The summed E-state index contributed by atoms with van der Waals surface area (Å²) in [6, 6.07) is 0. The fourth-order valence-corrected chi connectivity index (χ4v) is 10.1. The second kappa shape index (κ2) is 10.4. The van der Waals surface area contributed by atoms with Crippen LogP contribution < -0.4 is 0 Å². The van der Waals surface area contributed by atoms with Gasteiger partial charge in [0.2, 0.25) is 0 Å². The smallest absolute Gasteiger partial charge is 0.305 e. The molecule has 11 heteroatoms. The van der Waals surface area contributed by atoms with Crippen molar-refractivity contribution >= 4 is 5.97 Å². The molecular formula is C30H45NO10. The molecule has 2 aliphatic heterocycles. The van der Waals surface area contributed by atoms with E-state index in [4.69, 9.17) is 14.2 Å². The molecule has 0 bridgehead atoms. The van der Waals surface area contributed by atoms with Crippen LogP contribution >= 0.6 is 0 Å². The number of fused-ring (bicyclic) bond motifs is 5. The summed E-state index contributed by atoms with van der Waals surface area (Å²) in [5.41, 5.74) is 0.337. The summed E-state index contributed by atoms with van der Waals surface area (Å²) in [5.74, 6) is 1.14. The third-order valence-electron chi connectivity index (χ3n) is 12.4. The highest BCUT2D eigenvalue weighted by Gasteiger charge is 2.67. The van der Waals surface area contributed by atoms with Crippen molar-refractivity contribution in [2.75, 3.05) is 6.61 Å². The van der Waals surface area contributed by atoms with Crippen LogP contribution in [0.3, 0.4) is 0 Å². The van der Waals surface area contributed by atoms with Crippen LogP contribution in [0.2, 0.25) is 0 Å². The van der Waals surface area contributed by atoms with Crippen LogP contribution in [-0.2, 0) is 23.8 Å². The number of carbonyl (C=O) groups excluding carboxylic acids is 1. The number of carbonyl (C=O) groups is 1. The van der Waals surface area contributed by atoms with E-state index in [2.05, 4.69) is 24.8 Å². The van der Waals surface area contributed by atoms with Crippen LogP contribution in [0, 0.1) is 44.6 Å². The zero-order valence-corrected chi connectivity index (χ0v) is 24.3. The number of ether oxygens (including phenoxy) is 3. The lowest BCUT2D eigenvalue weighted by Crippen LogP contribution is -2.61. The van der Waals surface area contributed by atoms with E-state index >= 15 is 0 Å². The van der Waals surface area contributed by atoms with Gasteiger partial charge in [-0.05, 0) is 99.2 Å². The van der Waals surface area contributed by atoms with Gasteiger partial charge in [0.05, 0.1) is 24.4 Å². The van der Waals surface area contributed by atoms with Gasteiger partial charge in [0.1, 0.15) is 12.2 Å². The van der Waals surface area contributed by atoms with E-state index in [1.165, 1.54) is 5.57 Å². The first kappa shape index (κ1) is 29.3. The number of aliphatic hydroxyl groups is 3. The van der Waals surface area contributed by atoms with Crippen molar-refractivity contribution < 1.29 is 44.2 Å². The maximum Gasteiger partial charge on any atom is 0.305 e. The molecule has 5 fully saturated rings. The predicted octanol–water partition coefficient (Wildman–Crippen LogP) is 3.06. The maximum atomic E-state index is 12.5. The van der Waals surface area contributed by atoms with Gasteiger partial charge in [0.25, 0.3) is 5.09 Å². The van der Waals surface area contributed by atoms with Gasteiger partial charge in [0.15, 0.2) is 12.4 Å². The number of cyclic esters (lactones) is 1. The fraction of sp³-hybridized carbons (Fsp3) is 0.900. The van der Waals surface area contributed by atoms with Gasteiger partial charge in [-0.15, -0.1) is 10.1 Å². The van der Waals surface area contributed by atoms with Gasteiger partial charge in [-0.25, -0.2) is 0 Å². The van der Waals surface area contributed by atoms with E-state index in [9.17, 15) is 30.2 Å². The Labute approximate surface area is 240 Å². The van der Waals surface area contributed by atoms with Crippen molar-refractivity contribution in [3.63, 3.8) is 0 Å². The molecular weight excluding hydrogens is 534 g/mol. The molecule has 3 N–H and O–H groups in total. The van der Waals surface area contributed by atoms with Crippen molar-refractivity contribution in [3.05, 3.63) is 21.8 Å². The van der Waals surface area contributed by atoms with E-state index in [0.29, 0.717) is 37.2 Å². The summed E-state index contributed by atoms with van der Waals surface area (Å²) in [4.78, 5) is 27.2. The molecule has 13 atom stereocenters. The molecule has 0 radical (unpaired) electrons. The van der Waals surface area contributed by atoms with Gasteiger partial charge in [-0.3, -0.25) is 4.79 Å². The molecule has 6 rings (SSSR count). The molecule has 41 heavy (non-hydrogen) atoms. The molecule has 0 aromatic rings. The molecule has 230 valence electrons. The Morgan fingerprint density at radius 3 is 2.46 bits per heavy atom. The lowest BCUT2D eigenvalue weighted by molar-refractivity contribution is -0.775. The summed E-state index contributed by atoms with van der Waals surface area (Å²) in [5, 5.41) is 43.3. The SMILES string of the molecule is C[C@@H]1O[C@@H](O[C@@H]2C=C3CC[C@@H]4[C@H](CC[C@]5(C)[C@@H]([C@@H]6CCC(=O)OC6)CC[C@]45O)[C@@]3(C)CC2)[C@H](O)[C@H](O[N+](=O)[O-])[C@H]1O. The average Bonchev–Trinajstić information content (AvgIpc) is 3.21. The monoisotopic (exact) mass is 579 g/mol. The molecule has 0 aromatic heterocycles. The number of nitrogens with zero attached hydrogens (tertiary/aromatic N) is 1. The number of aliphatic hydroxyl groups excluding tert-OH is 2. The van der Waals surface area contributed by atoms with Gasteiger partial charge in [0, 0.05) is 6.42 Å². The summed E-state index contributed by atoms with van der Waals surface area (Å²) in [6.45, 7) is 6.66. The first-order valence-corrected chi connectivity index (χ1v) is 15.4. The van der Waals surface area contributed by atoms with Crippen molar-refractivity contribution in [2.24, 2.45) is 34.5 Å². The summed E-state index contributed by atoms with van der Waals surface area (Å²) in [6.07, 6.45) is 3.95. The molecule has 0 unspecified atom stereocenters. The molecule has 0 aromatic carbocycles. The zero-order valence-electron chi connectivity index (χ0n) is 24.3. The Bertz CT molecular complexity index is 1070. The molecule has 0 amide bonds. The summed E-state index contributed by atoms with van der Waals surface area (Å²) in [7, 11) is 0. The molecule has 11 nitrogen and oxygen atoms in total. The summed E-state index contributed by atoms with van der Waals surface area (Å²) < 4.78 is 17.3. The Kier molecular flexibility index (Phi) is 7.45. The minimum absolute atomic E-state index is 0.0644. The quantitative estimate of drug-likeness (QED) is 0.191. The van der Waals surface area contributed by atoms with Crippen molar-refractivity contribution in [1.29, 1.82) is 0 Å². The van der Waals surface area contributed by atoms with Crippen LogP contribution in [0.15, 0.2) is 11.6 Å². The Morgan fingerprint density at radius 2 is 1.76 bits per heavy atom. The Hall–Kier alpha value is -1.79. The van der Waals surface area contributed by atoms with Gasteiger partial charge in [-0.2, -0.15) is 0 Å².